The number of carbonyl (C=O) groups excluding carboxylic acids is 1. The highest BCUT2D eigenvalue weighted by Crippen LogP contribution is 2.35. The molecule has 0 atom stereocenters. The van der Waals surface area contributed by atoms with E-state index in [9.17, 15) is 17.6 Å². The SMILES string of the molecule is COc1ccccc1NC(=O)CSc1oc(-c2ccc(F)cc2)nc1S(=O)(=O)c1ccc(Cl)cc1. The molecule has 11 heteroatoms. The molecule has 4 rings (SSSR count). The molecule has 0 aliphatic rings. The number of aromatic nitrogens is 1. The predicted molar refractivity (Wildman–Crippen MR) is 131 cm³/mol. The molecule has 0 fully saturated rings. The van der Waals surface area contributed by atoms with E-state index in [1.54, 1.807) is 24.3 Å². The van der Waals surface area contributed by atoms with Gasteiger partial charge in [-0.3, -0.25) is 4.79 Å². The van der Waals surface area contributed by atoms with Crippen LogP contribution in [0.4, 0.5) is 10.1 Å². The number of benzene rings is 3. The van der Waals surface area contributed by atoms with Crippen LogP contribution in [0.5, 0.6) is 5.75 Å². The van der Waals surface area contributed by atoms with Gasteiger partial charge in [-0.15, -0.1) is 0 Å². The highest BCUT2D eigenvalue weighted by atomic mass is 35.5. The molecule has 1 heterocycles. The highest BCUT2D eigenvalue weighted by Gasteiger charge is 2.29. The number of anilines is 1. The molecule has 35 heavy (non-hydrogen) atoms. The quantitative estimate of drug-likeness (QED) is 0.290. The van der Waals surface area contributed by atoms with E-state index in [2.05, 4.69) is 10.3 Å². The number of methoxy groups -OCH3 is 1. The lowest BCUT2D eigenvalue weighted by Crippen LogP contribution is -2.15. The van der Waals surface area contributed by atoms with Crippen molar-refractivity contribution in [3.63, 3.8) is 0 Å². The number of nitrogens with zero attached hydrogens (tertiary/aromatic N) is 1. The summed E-state index contributed by atoms with van der Waals surface area (Å²) in [6.45, 7) is 0. The van der Waals surface area contributed by atoms with Gasteiger partial charge in [-0.1, -0.05) is 35.5 Å². The number of carbonyl (C=O) groups is 1. The van der Waals surface area contributed by atoms with Crippen LogP contribution in [0.25, 0.3) is 11.5 Å². The van der Waals surface area contributed by atoms with Gasteiger partial charge in [-0.05, 0) is 60.7 Å². The molecule has 1 N–H and O–H groups in total. The van der Waals surface area contributed by atoms with Crippen molar-refractivity contribution in [3.05, 3.63) is 83.6 Å². The Morgan fingerprint density at radius 3 is 2.46 bits per heavy atom. The average molecular weight is 533 g/mol. The first-order valence-corrected chi connectivity index (χ1v) is 13.0. The van der Waals surface area contributed by atoms with Crippen molar-refractivity contribution >= 4 is 44.8 Å². The van der Waals surface area contributed by atoms with Crippen LogP contribution < -0.4 is 10.1 Å². The molecule has 0 radical (unpaired) electrons. The number of hydrogen-bond acceptors (Lipinski definition) is 7. The van der Waals surface area contributed by atoms with Crippen molar-refractivity contribution in [2.24, 2.45) is 0 Å². The molecule has 1 amide bonds. The number of oxazole rings is 1. The van der Waals surface area contributed by atoms with Gasteiger partial charge in [-0.2, -0.15) is 4.98 Å². The highest BCUT2D eigenvalue weighted by molar-refractivity contribution is 8.00. The summed E-state index contributed by atoms with van der Waals surface area (Å²) in [5, 5.41) is 2.67. The molecule has 7 nitrogen and oxygen atoms in total. The summed E-state index contributed by atoms with van der Waals surface area (Å²) in [5.74, 6) is -0.578. The van der Waals surface area contributed by atoms with Crippen molar-refractivity contribution in [2.75, 3.05) is 18.2 Å². The standard InChI is InChI=1S/C24H18ClFN2O5S2/c1-32-20-5-3-2-4-19(20)27-21(29)14-34-24-23(35(30,31)18-12-8-16(25)9-13-18)28-22(33-24)15-6-10-17(26)11-7-15/h2-13H,14H2,1H3,(H,27,29). The smallest absolute Gasteiger partial charge is 0.234 e. The Labute approximate surface area is 210 Å². The van der Waals surface area contributed by atoms with Gasteiger partial charge in [0.2, 0.25) is 31.8 Å². The van der Waals surface area contributed by atoms with E-state index in [4.69, 9.17) is 20.8 Å². The van der Waals surface area contributed by atoms with E-state index in [0.29, 0.717) is 22.0 Å². The zero-order chi connectivity index (χ0) is 25.0. The largest absolute Gasteiger partial charge is 0.495 e. The maximum Gasteiger partial charge on any atom is 0.234 e. The topological polar surface area (TPSA) is 98.5 Å². The Hall–Kier alpha value is -3.34. The second-order valence-corrected chi connectivity index (χ2v) is 10.4. The lowest BCUT2D eigenvalue weighted by atomic mass is 10.2. The van der Waals surface area contributed by atoms with Crippen LogP contribution in [-0.4, -0.2) is 32.2 Å². The normalized spacial score (nSPS) is 11.3. The lowest BCUT2D eigenvalue weighted by Gasteiger charge is -2.09. The molecule has 1 aromatic heterocycles. The zero-order valence-corrected chi connectivity index (χ0v) is 20.6. The summed E-state index contributed by atoms with van der Waals surface area (Å²) in [6.07, 6.45) is 0. The number of ether oxygens (including phenoxy) is 1. The molecule has 4 aromatic rings. The first-order chi connectivity index (χ1) is 16.8. The van der Waals surface area contributed by atoms with Gasteiger partial charge in [-0.25, -0.2) is 12.8 Å². The Bertz CT molecular complexity index is 1460. The fraction of sp³-hybridized carbons (Fsp3) is 0.0833. The van der Waals surface area contributed by atoms with E-state index < -0.39 is 21.6 Å². The van der Waals surface area contributed by atoms with E-state index in [1.807, 2.05) is 0 Å². The molecular weight excluding hydrogens is 515 g/mol. The number of sulfone groups is 1. The Balaban J connectivity index is 1.65. The summed E-state index contributed by atoms with van der Waals surface area (Å²) in [5.41, 5.74) is 0.850. The minimum atomic E-state index is -4.11. The van der Waals surface area contributed by atoms with Gasteiger partial charge in [0.25, 0.3) is 0 Å². The van der Waals surface area contributed by atoms with Crippen LogP contribution in [-0.2, 0) is 14.6 Å². The number of hydrogen-bond donors (Lipinski definition) is 1. The fourth-order valence-electron chi connectivity index (χ4n) is 3.06. The number of amides is 1. The van der Waals surface area contributed by atoms with E-state index in [0.717, 1.165) is 11.8 Å². The number of halogens is 2. The van der Waals surface area contributed by atoms with Gasteiger partial charge in [0.15, 0.2) is 0 Å². The van der Waals surface area contributed by atoms with Crippen molar-refractivity contribution in [1.82, 2.24) is 4.98 Å². The Kier molecular flexibility index (Phi) is 7.44. The van der Waals surface area contributed by atoms with Gasteiger partial charge in [0.1, 0.15) is 11.6 Å². The molecule has 0 bridgehead atoms. The van der Waals surface area contributed by atoms with Crippen LogP contribution in [0.2, 0.25) is 5.02 Å². The Morgan fingerprint density at radius 1 is 1.09 bits per heavy atom. The van der Waals surface area contributed by atoms with Crippen molar-refractivity contribution in [3.8, 4) is 17.2 Å². The minimum Gasteiger partial charge on any atom is -0.495 e. The van der Waals surface area contributed by atoms with Crippen LogP contribution in [0.3, 0.4) is 0 Å². The summed E-state index contributed by atoms with van der Waals surface area (Å²) in [4.78, 5) is 16.7. The molecule has 0 spiro atoms. The van der Waals surface area contributed by atoms with Crippen LogP contribution in [0, 0.1) is 5.82 Å². The summed E-state index contributed by atoms with van der Waals surface area (Å²) < 4.78 is 51.0. The van der Waals surface area contributed by atoms with Gasteiger partial charge in [0.05, 0.1) is 23.4 Å². The molecular formula is C24H18ClFN2O5S2. The fourth-order valence-corrected chi connectivity index (χ4v) is 5.51. The number of nitrogens with one attached hydrogen (secondary N) is 1. The monoisotopic (exact) mass is 532 g/mol. The van der Waals surface area contributed by atoms with E-state index in [1.165, 1.54) is 55.6 Å². The third kappa shape index (κ3) is 5.67. The van der Waals surface area contributed by atoms with Gasteiger partial charge < -0.3 is 14.5 Å². The second-order valence-electron chi connectivity index (χ2n) is 7.11. The molecule has 0 unspecified atom stereocenters. The number of rotatable bonds is 8. The molecule has 0 saturated carbocycles. The van der Waals surface area contributed by atoms with Crippen LogP contribution >= 0.6 is 23.4 Å². The molecule has 0 aliphatic heterocycles. The summed E-state index contributed by atoms with van der Waals surface area (Å²) in [6, 6.07) is 17.7. The number of para-hydroxylation sites is 2. The Morgan fingerprint density at radius 2 is 1.77 bits per heavy atom. The van der Waals surface area contributed by atoms with Crippen LogP contribution in [0.15, 0.2) is 92.2 Å². The maximum atomic E-state index is 13.4. The molecule has 180 valence electrons. The van der Waals surface area contributed by atoms with Gasteiger partial charge in [0, 0.05) is 10.6 Å². The van der Waals surface area contributed by atoms with Gasteiger partial charge >= 0.3 is 0 Å². The predicted octanol–water partition coefficient (Wildman–Crippen LogP) is 5.71. The first-order valence-electron chi connectivity index (χ1n) is 10.1. The van der Waals surface area contributed by atoms with Crippen molar-refractivity contribution < 1.29 is 26.8 Å². The van der Waals surface area contributed by atoms with Crippen molar-refractivity contribution in [1.29, 1.82) is 0 Å². The van der Waals surface area contributed by atoms with Crippen LogP contribution in [0.1, 0.15) is 0 Å². The molecule has 0 saturated heterocycles. The second kappa shape index (κ2) is 10.5. The summed E-state index contributed by atoms with van der Waals surface area (Å²) >= 11 is 6.76. The zero-order valence-electron chi connectivity index (χ0n) is 18.2. The first kappa shape index (κ1) is 24.8. The van der Waals surface area contributed by atoms with Crippen molar-refractivity contribution in [2.45, 2.75) is 15.0 Å². The lowest BCUT2D eigenvalue weighted by molar-refractivity contribution is -0.113. The molecule has 0 aliphatic carbocycles. The summed E-state index contributed by atoms with van der Waals surface area (Å²) in [7, 11) is -2.62. The maximum absolute atomic E-state index is 13.4. The average Bonchev–Trinajstić information content (AvgIpc) is 3.29. The number of thioether (sulfide) groups is 1. The molecule has 3 aromatic carbocycles. The van der Waals surface area contributed by atoms with E-state index >= 15 is 0 Å². The third-order valence-corrected chi connectivity index (χ3v) is 7.76. The third-order valence-electron chi connectivity index (χ3n) is 4.75. The minimum absolute atomic E-state index is 0.0230. The van der Waals surface area contributed by atoms with E-state index in [-0.39, 0.29) is 26.7 Å².